The third-order valence-corrected chi connectivity index (χ3v) is 4.22. The Balaban J connectivity index is 2.08. The Labute approximate surface area is 108 Å². The summed E-state index contributed by atoms with van der Waals surface area (Å²) >= 11 is 0. The van der Waals surface area contributed by atoms with E-state index in [0.717, 1.165) is 31.6 Å². The van der Waals surface area contributed by atoms with Gasteiger partial charge in [-0.1, -0.05) is 25.5 Å². The van der Waals surface area contributed by atoms with E-state index in [1.54, 1.807) is 12.1 Å². The van der Waals surface area contributed by atoms with E-state index < -0.39 is 0 Å². The molecule has 0 atom stereocenters. The fourth-order valence-electron chi connectivity index (χ4n) is 2.81. The molecule has 0 aliphatic heterocycles. The predicted octanol–water partition coefficient (Wildman–Crippen LogP) is 3.57. The van der Waals surface area contributed by atoms with Crippen LogP contribution in [0, 0.1) is 11.7 Å². The van der Waals surface area contributed by atoms with Crippen LogP contribution < -0.4 is 5.32 Å². The maximum atomic E-state index is 13.6. The van der Waals surface area contributed by atoms with Crippen molar-refractivity contribution in [3.05, 3.63) is 30.1 Å². The highest BCUT2D eigenvalue weighted by atomic mass is 19.1. The van der Waals surface area contributed by atoms with Crippen LogP contribution in [0.1, 0.15) is 39.0 Å². The van der Waals surface area contributed by atoms with Gasteiger partial charge in [-0.15, -0.1) is 0 Å². The summed E-state index contributed by atoms with van der Waals surface area (Å²) in [4.78, 5) is 0. The van der Waals surface area contributed by atoms with Gasteiger partial charge in [-0.2, -0.15) is 0 Å². The Morgan fingerprint density at radius 1 is 1.33 bits per heavy atom. The molecule has 0 saturated heterocycles. The summed E-state index contributed by atoms with van der Waals surface area (Å²) in [6, 6.07) is 6.68. The lowest BCUT2D eigenvalue weighted by Crippen LogP contribution is -2.45. The summed E-state index contributed by atoms with van der Waals surface area (Å²) in [5.41, 5.74) is 0.162. The van der Waals surface area contributed by atoms with Gasteiger partial charge in [-0.25, -0.2) is 4.39 Å². The van der Waals surface area contributed by atoms with Crippen LogP contribution in [0.2, 0.25) is 0 Å². The highest BCUT2D eigenvalue weighted by Crippen LogP contribution is 2.36. The first-order valence-corrected chi connectivity index (χ1v) is 6.83. The van der Waals surface area contributed by atoms with Crippen molar-refractivity contribution >= 4 is 5.69 Å². The second-order valence-corrected chi connectivity index (χ2v) is 5.39. The van der Waals surface area contributed by atoms with Gasteiger partial charge in [0.1, 0.15) is 5.82 Å². The SMILES string of the molecule is CCC1CCC(CO)(Nc2ccccc2F)CC1. The lowest BCUT2D eigenvalue weighted by atomic mass is 9.76. The number of aliphatic hydroxyl groups excluding tert-OH is 1. The van der Waals surface area contributed by atoms with Crippen molar-refractivity contribution in [3.63, 3.8) is 0 Å². The molecule has 0 spiro atoms. The summed E-state index contributed by atoms with van der Waals surface area (Å²) < 4.78 is 13.6. The van der Waals surface area contributed by atoms with Gasteiger partial charge >= 0.3 is 0 Å². The van der Waals surface area contributed by atoms with Crippen LogP contribution in [0.25, 0.3) is 0 Å². The Morgan fingerprint density at radius 2 is 2.00 bits per heavy atom. The molecule has 0 aromatic heterocycles. The zero-order valence-corrected chi connectivity index (χ0v) is 11.0. The number of anilines is 1. The number of benzene rings is 1. The number of rotatable bonds is 4. The van der Waals surface area contributed by atoms with Crippen LogP contribution in [0.5, 0.6) is 0 Å². The van der Waals surface area contributed by atoms with Crippen LogP contribution in [-0.2, 0) is 0 Å². The molecule has 1 saturated carbocycles. The monoisotopic (exact) mass is 251 g/mol. The fraction of sp³-hybridized carbons (Fsp3) is 0.600. The molecule has 1 aliphatic carbocycles. The standard InChI is InChI=1S/C15H22FNO/c1-2-12-7-9-15(11-18,10-8-12)17-14-6-4-3-5-13(14)16/h3-6,12,17-18H,2,7-11H2,1H3. The average molecular weight is 251 g/mol. The van der Waals surface area contributed by atoms with E-state index in [1.807, 2.05) is 6.07 Å². The predicted molar refractivity (Wildman–Crippen MR) is 72.1 cm³/mol. The number of hydrogen-bond acceptors (Lipinski definition) is 2. The van der Waals surface area contributed by atoms with Gasteiger partial charge in [-0.05, 0) is 43.7 Å². The van der Waals surface area contributed by atoms with E-state index >= 15 is 0 Å². The smallest absolute Gasteiger partial charge is 0.146 e. The van der Waals surface area contributed by atoms with Crippen molar-refractivity contribution in [2.24, 2.45) is 5.92 Å². The second-order valence-electron chi connectivity index (χ2n) is 5.39. The summed E-state index contributed by atoms with van der Waals surface area (Å²) in [6.45, 7) is 2.28. The topological polar surface area (TPSA) is 32.3 Å². The maximum Gasteiger partial charge on any atom is 0.146 e. The molecular formula is C15H22FNO. The highest BCUT2D eigenvalue weighted by Gasteiger charge is 2.34. The highest BCUT2D eigenvalue weighted by molar-refractivity contribution is 5.47. The van der Waals surface area contributed by atoms with Gasteiger partial charge in [0.05, 0.1) is 17.8 Å². The molecule has 0 radical (unpaired) electrons. The molecule has 0 unspecified atom stereocenters. The molecule has 1 aromatic carbocycles. The minimum atomic E-state index is -0.339. The van der Waals surface area contributed by atoms with Crippen molar-refractivity contribution < 1.29 is 9.50 Å². The number of hydrogen-bond donors (Lipinski definition) is 2. The van der Waals surface area contributed by atoms with Crippen LogP contribution in [0.15, 0.2) is 24.3 Å². The van der Waals surface area contributed by atoms with Crippen molar-refractivity contribution in [1.29, 1.82) is 0 Å². The van der Waals surface area contributed by atoms with Gasteiger partial charge in [0.25, 0.3) is 0 Å². The van der Waals surface area contributed by atoms with Crippen LogP contribution in [0.3, 0.4) is 0 Å². The van der Waals surface area contributed by atoms with E-state index in [0.29, 0.717) is 5.69 Å². The van der Waals surface area contributed by atoms with E-state index in [9.17, 15) is 9.50 Å². The molecule has 0 heterocycles. The lowest BCUT2D eigenvalue weighted by molar-refractivity contribution is 0.149. The second kappa shape index (κ2) is 5.70. The van der Waals surface area contributed by atoms with Crippen LogP contribution in [-0.4, -0.2) is 17.3 Å². The number of aliphatic hydroxyl groups is 1. The summed E-state index contributed by atoms with van der Waals surface area (Å²) in [6.07, 6.45) is 5.24. The van der Waals surface area contributed by atoms with Crippen LogP contribution >= 0.6 is 0 Å². The van der Waals surface area contributed by atoms with E-state index in [-0.39, 0.29) is 18.0 Å². The van der Waals surface area contributed by atoms with Crippen molar-refractivity contribution in [2.75, 3.05) is 11.9 Å². The Morgan fingerprint density at radius 3 is 2.56 bits per heavy atom. The number of halogens is 1. The van der Waals surface area contributed by atoms with Gasteiger partial charge in [0.2, 0.25) is 0 Å². The largest absolute Gasteiger partial charge is 0.394 e. The molecule has 0 amide bonds. The normalized spacial score (nSPS) is 28.1. The van der Waals surface area contributed by atoms with E-state index in [4.69, 9.17) is 0 Å². The molecule has 2 rings (SSSR count). The molecular weight excluding hydrogens is 229 g/mol. The van der Waals surface area contributed by atoms with Gasteiger partial charge in [0.15, 0.2) is 0 Å². The minimum absolute atomic E-state index is 0.0672. The maximum absolute atomic E-state index is 13.6. The zero-order valence-electron chi connectivity index (χ0n) is 11.0. The van der Waals surface area contributed by atoms with E-state index in [2.05, 4.69) is 12.2 Å². The summed E-state index contributed by atoms with van der Waals surface area (Å²) in [5, 5.41) is 12.9. The van der Waals surface area contributed by atoms with Gasteiger partial charge in [-0.3, -0.25) is 0 Å². The fourth-order valence-corrected chi connectivity index (χ4v) is 2.81. The van der Waals surface area contributed by atoms with Crippen molar-refractivity contribution in [3.8, 4) is 0 Å². The molecule has 100 valence electrons. The van der Waals surface area contributed by atoms with E-state index in [1.165, 1.54) is 12.5 Å². The first-order chi connectivity index (χ1) is 8.69. The summed E-state index contributed by atoms with van der Waals surface area (Å²) in [7, 11) is 0. The van der Waals surface area contributed by atoms with Crippen molar-refractivity contribution in [2.45, 2.75) is 44.6 Å². The molecule has 18 heavy (non-hydrogen) atoms. The van der Waals surface area contributed by atoms with Crippen molar-refractivity contribution in [1.82, 2.24) is 0 Å². The minimum Gasteiger partial charge on any atom is -0.394 e. The molecule has 0 bridgehead atoms. The van der Waals surface area contributed by atoms with Gasteiger partial charge < -0.3 is 10.4 Å². The Hall–Kier alpha value is -1.09. The number of nitrogens with one attached hydrogen (secondary N) is 1. The van der Waals surface area contributed by atoms with Gasteiger partial charge in [0, 0.05) is 0 Å². The number of para-hydroxylation sites is 1. The zero-order chi connectivity index (χ0) is 13.0. The molecule has 2 nitrogen and oxygen atoms in total. The molecule has 3 heteroatoms. The molecule has 1 aliphatic rings. The van der Waals surface area contributed by atoms with Crippen LogP contribution in [0.4, 0.5) is 10.1 Å². The Bertz CT molecular complexity index is 386. The average Bonchev–Trinajstić information content (AvgIpc) is 2.42. The third kappa shape index (κ3) is 2.83. The first kappa shape index (κ1) is 13.3. The summed E-state index contributed by atoms with van der Waals surface area (Å²) in [5.74, 6) is 0.509. The first-order valence-electron chi connectivity index (χ1n) is 6.83. The molecule has 2 N–H and O–H groups in total. The molecule has 1 fully saturated rings. The molecule has 1 aromatic rings. The Kier molecular flexibility index (Phi) is 4.23. The lowest BCUT2D eigenvalue weighted by Gasteiger charge is -2.40. The third-order valence-electron chi connectivity index (χ3n) is 4.22. The quantitative estimate of drug-likeness (QED) is 0.857.